The summed E-state index contributed by atoms with van der Waals surface area (Å²) in [6, 6.07) is 8.99. The van der Waals surface area contributed by atoms with Gasteiger partial charge >= 0.3 is 0 Å². The maximum Gasteiger partial charge on any atom is 0.245 e. The Bertz CT molecular complexity index is 487. The van der Waals surface area contributed by atoms with E-state index in [0.717, 1.165) is 12.0 Å². The van der Waals surface area contributed by atoms with E-state index < -0.39 is 6.04 Å². The Hall–Kier alpha value is -1.84. The molecule has 1 saturated heterocycles. The number of carbonyl (C=O) groups excluding carboxylic acids is 2. The second-order valence-corrected chi connectivity index (χ2v) is 5.53. The third-order valence-corrected chi connectivity index (χ3v) is 4.17. The predicted octanol–water partition coefficient (Wildman–Crippen LogP) is 1.60. The van der Waals surface area contributed by atoms with Crippen molar-refractivity contribution in [2.45, 2.75) is 38.8 Å². The molecule has 20 heavy (non-hydrogen) atoms. The van der Waals surface area contributed by atoms with Crippen molar-refractivity contribution in [3.63, 3.8) is 0 Å². The van der Waals surface area contributed by atoms with Crippen LogP contribution in [0.25, 0.3) is 0 Å². The van der Waals surface area contributed by atoms with E-state index in [4.69, 9.17) is 0 Å². The lowest BCUT2D eigenvalue weighted by Gasteiger charge is -2.38. The molecule has 0 radical (unpaired) electrons. The van der Waals surface area contributed by atoms with E-state index in [2.05, 4.69) is 5.32 Å². The fourth-order valence-electron chi connectivity index (χ4n) is 2.55. The van der Waals surface area contributed by atoms with Gasteiger partial charge in [-0.05, 0) is 11.5 Å². The van der Waals surface area contributed by atoms with Gasteiger partial charge in [-0.1, -0.05) is 50.6 Å². The van der Waals surface area contributed by atoms with Crippen LogP contribution in [0.1, 0.15) is 25.8 Å². The molecule has 0 bridgehead atoms. The van der Waals surface area contributed by atoms with Gasteiger partial charge in [0.1, 0.15) is 12.1 Å². The summed E-state index contributed by atoms with van der Waals surface area (Å²) in [6.45, 7) is 4.02. The number of rotatable bonds is 4. The first kappa shape index (κ1) is 14.6. The molecule has 1 fully saturated rings. The van der Waals surface area contributed by atoms with Crippen LogP contribution in [-0.2, 0) is 16.0 Å². The number of benzene rings is 1. The molecular formula is C16H22N2O2. The SMILES string of the molecule is CCC(C)C1NC(=O)C(Cc2ccccc2)N(C)C1=O. The Labute approximate surface area is 120 Å². The summed E-state index contributed by atoms with van der Waals surface area (Å²) in [5, 5.41) is 2.89. The summed E-state index contributed by atoms with van der Waals surface area (Å²) < 4.78 is 0. The van der Waals surface area contributed by atoms with Gasteiger partial charge in [0.15, 0.2) is 0 Å². The molecule has 1 aromatic carbocycles. The van der Waals surface area contributed by atoms with Gasteiger partial charge < -0.3 is 10.2 Å². The van der Waals surface area contributed by atoms with Crippen molar-refractivity contribution in [3.8, 4) is 0 Å². The number of nitrogens with one attached hydrogen (secondary N) is 1. The standard InChI is InChI=1S/C16H22N2O2/c1-4-11(2)14-16(20)18(3)13(15(19)17-14)10-12-8-6-5-7-9-12/h5-9,11,13-14H,4,10H2,1-3H3,(H,17,19). The van der Waals surface area contributed by atoms with E-state index in [1.165, 1.54) is 0 Å². The zero-order valence-electron chi connectivity index (χ0n) is 12.3. The first-order valence-electron chi connectivity index (χ1n) is 7.15. The van der Waals surface area contributed by atoms with Gasteiger partial charge in [0.2, 0.25) is 11.8 Å². The minimum Gasteiger partial charge on any atom is -0.342 e. The first-order valence-corrected chi connectivity index (χ1v) is 7.15. The minimum absolute atomic E-state index is 0.0138. The third-order valence-electron chi connectivity index (χ3n) is 4.17. The maximum atomic E-state index is 12.4. The lowest BCUT2D eigenvalue weighted by Crippen LogP contribution is -2.64. The van der Waals surface area contributed by atoms with Gasteiger partial charge in [-0.2, -0.15) is 0 Å². The van der Waals surface area contributed by atoms with E-state index >= 15 is 0 Å². The van der Waals surface area contributed by atoms with Crippen LogP contribution in [0, 0.1) is 5.92 Å². The van der Waals surface area contributed by atoms with Gasteiger partial charge in [-0.3, -0.25) is 9.59 Å². The van der Waals surface area contributed by atoms with Crippen LogP contribution in [-0.4, -0.2) is 35.8 Å². The molecule has 108 valence electrons. The zero-order chi connectivity index (χ0) is 14.7. The second-order valence-electron chi connectivity index (χ2n) is 5.53. The molecule has 1 aliphatic rings. The number of piperazine rings is 1. The summed E-state index contributed by atoms with van der Waals surface area (Å²) in [5.74, 6) is 0.118. The van der Waals surface area contributed by atoms with Crippen LogP contribution in [0.5, 0.6) is 0 Å². The molecule has 0 aromatic heterocycles. The number of amides is 2. The molecule has 2 amide bonds. The Morgan fingerprint density at radius 1 is 1.25 bits per heavy atom. The monoisotopic (exact) mass is 274 g/mol. The van der Waals surface area contributed by atoms with Crippen molar-refractivity contribution in [1.82, 2.24) is 10.2 Å². The third kappa shape index (κ3) is 2.84. The largest absolute Gasteiger partial charge is 0.342 e. The second kappa shape index (κ2) is 6.07. The fourth-order valence-corrected chi connectivity index (χ4v) is 2.55. The summed E-state index contributed by atoms with van der Waals surface area (Å²) in [6.07, 6.45) is 1.43. The van der Waals surface area contributed by atoms with Gasteiger partial charge in [0.25, 0.3) is 0 Å². The van der Waals surface area contributed by atoms with Crippen LogP contribution in [0.4, 0.5) is 0 Å². The van der Waals surface area contributed by atoms with Crippen LogP contribution in [0.3, 0.4) is 0 Å². The quantitative estimate of drug-likeness (QED) is 0.906. The number of likely N-dealkylation sites (N-methyl/N-ethyl adjacent to an activating group) is 1. The highest BCUT2D eigenvalue weighted by molar-refractivity contribution is 5.97. The van der Waals surface area contributed by atoms with Crippen molar-refractivity contribution < 1.29 is 9.59 Å². The van der Waals surface area contributed by atoms with Gasteiger partial charge in [0, 0.05) is 13.5 Å². The number of carbonyl (C=O) groups is 2. The Balaban J connectivity index is 2.13. The van der Waals surface area contributed by atoms with Crippen molar-refractivity contribution in [2.75, 3.05) is 7.05 Å². The first-order chi connectivity index (χ1) is 9.54. The Morgan fingerprint density at radius 2 is 1.90 bits per heavy atom. The fraction of sp³-hybridized carbons (Fsp3) is 0.500. The Kier molecular flexibility index (Phi) is 4.42. The highest BCUT2D eigenvalue weighted by Gasteiger charge is 2.40. The van der Waals surface area contributed by atoms with Gasteiger partial charge in [-0.25, -0.2) is 0 Å². The molecular weight excluding hydrogens is 252 g/mol. The van der Waals surface area contributed by atoms with Crippen LogP contribution >= 0.6 is 0 Å². The van der Waals surface area contributed by atoms with Crippen molar-refractivity contribution in [2.24, 2.45) is 5.92 Å². The molecule has 0 saturated carbocycles. The molecule has 1 aromatic rings. The molecule has 1 aliphatic heterocycles. The highest BCUT2D eigenvalue weighted by Crippen LogP contribution is 2.18. The average Bonchev–Trinajstić information content (AvgIpc) is 2.47. The summed E-state index contributed by atoms with van der Waals surface area (Å²) in [7, 11) is 1.73. The molecule has 0 spiro atoms. The number of nitrogens with zero attached hydrogens (tertiary/aromatic N) is 1. The lowest BCUT2D eigenvalue weighted by atomic mass is 9.93. The normalized spacial score (nSPS) is 24.4. The smallest absolute Gasteiger partial charge is 0.245 e. The molecule has 4 nitrogen and oxygen atoms in total. The van der Waals surface area contributed by atoms with Crippen molar-refractivity contribution in [3.05, 3.63) is 35.9 Å². The molecule has 3 atom stereocenters. The van der Waals surface area contributed by atoms with Crippen molar-refractivity contribution in [1.29, 1.82) is 0 Å². The van der Waals surface area contributed by atoms with Crippen LogP contribution in [0.2, 0.25) is 0 Å². The minimum atomic E-state index is -0.412. The van der Waals surface area contributed by atoms with E-state index in [1.807, 2.05) is 44.2 Å². The maximum absolute atomic E-state index is 12.4. The molecule has 2 rings (SSSR count). The summed E-state index contributed by atoms with van der Waals surface area (Å²) >= 11 is 0. The molecule has 1 heterocycles. The number of hydrogen-bond acceptors (Lipinski definition) is 2. The highest BCUT2D eigenvalue weighted by atomic mass is 16.2. The average molecular weight is 274 g/mol. The molecule has 1 N–H and O–H groups in total. The van der Waals surface area contributed by atoms with Crippen molar-refractivity contribution >= 4 is 11.8 Å². The van der Waals surface area contributed by atoms with E-state index in [0.29, 0.717) is 6.42 Å². The summed E-state index contributed by atoms with van der Waals surface area (Å²) in [5.41, 5.74) is 1.06. The van der Waals surface area contributed by atoms with E-state index in [1.54, 1.807) is 11.9 Å². The van der Waals surface area contributed by atoms with Gasteiger partial charge in [-0.15, -0.1) is 0 Å². The number of hydrogen-bond donors (Lipinski definition) is 1. The Morgan fingerprint density at radius 3 is 2.50 bits per heavy atom. The predicted molar refractivity (Wildman–Crippen MR) is 78.1 cm³/mol. The van der Waals surface area contributed by atoms with Crippen LogP contribution < -0.4 is 5.32 Å². The molecule has 3 unspecified atom stereocenters. The van der Waals surface area contributed by atoms with Crippen LogP contribution in [0.15, 0.2) is 30.3 Å². The zero-order valence-corrected chi connectivity index (χ0v) is 12.3. The molecule has 4 heteroatoms. The van der Waals surface area contributed by atoms with E-state index in [-0.39, 0.29) is 23.8 Å². The summed E-state index contributed by atoms with van der Waals surface area (Å²) in [4.78, 5) is 26.3. The van der Waals surface area contributed by atoms with Gasteiger partial charge in [0.05, 0.1) is 0 Å². The lowest BCUT2D eigenvalue weighted by molar-refractivity contribution is -0.149. The molecule has 0 aliphatic carbocycles. The topological polar surface area (TPSA) is 49.4 Å². The van der Waals surface area contributed by atoms with E-state index in [9.17, 15) is 9.59 Å².